The second-order valence-electron chi connectivity index (χ2n) is 5.62. The number of anilines is 1. The number of rotatable bonds is 7. The molecule has 142 valence electrons. The van der Waals surface area contributed by atoms with Crippen LogP contribution in [-0.2, 0) is 16.4 Å². The number of hydrogen-bond acceptors (Lipinski definition) is 6. The molecule has 0 atom stereocenters. The number of aromatic nitrogens is 1. The van der Waals surface area contributed by atoms with E-state index in [2.05, 4.69) is 20.6 Å². The molecular formula is C16H22FN5O2S2. The molecule has 7 nitrogen and oxygen atoms in total. The van der Waals surface area contributed by atoms with Crippen molar-refractivity contribution in [3.05, 3.63) is 41.2 Å². The Labute approximate surface area is 156 Å². The van der Waals surface area contributed by atoms with Gasteiger partial charge in [0.05, 0.1) is 18.0 Å². The number of sulfone groups is 1. The lowest BCUT2D eigenvalue weighted by atomic mass is 10.3. The molecule has 2 aromatic rings. The first kappa shape index (κ1) is 20.1. The van der Waals surface area contributed by atoms with Gasteiger partial charge in [0, 0.05) is 33.1 Å². The molecule has 0 unspecified atom stereocenters. The van der Waals surface area contributed by atoms with Crippen LogP contribution in [0.2, 0.25) is 0 Å². The highest BCUT2D eigenvalue weighted by Crippen LogP contribution is 2.17. The van der Waals surface area contributed by atoms with Crippen molar-refractivity contribution in [3.63, 3.8) is 0 Å². The van der Waals surface area contributed by atoms with Gasteiger partial charge in [-0.25, -0.2) is 17.8 Å². The van der Waals surface area contributed by atoms with E-state index in [0.717, 1.165) is 16.9 Å². The Morgan fingerprint density at radius 2 is 2.04 bits per heavy atom. The molecule has 0 saturated heterocycles. The third-order valence-corrected chi connectivity index (χ3v) is 6.22. The predicted octanol–water partition coefficient (Wildman–Crippen LogP) is 1.49. The number of aliphatic imine (C=N–C) groups is 1. The van der Waals surface area contributed by atoms with Gasteiger partial charge in [-0.2, -0.15) is 0 Å². The molecule has 2 rings (SSSR count). The molecule has 0 saturated carbocycles. The molecule has 0 aliphatic rings. The first-order valence-corrected chi connectivity index (χ1v) is 10.4. The average Bonchev–Trinajstić information content (AvgIpc) is 3.07. The maximum Gasteiger partial charge on any atom is 0.191 e. The fourth-order valence-corrected chi connectivity index (χ4v) is 4.09. The molecule has 1 aromatic heterocycles. The Morgan fingerprint density at radius 1 is 1.31 bits per heavy atom. The van der Waals surface area contributed by atoms with Crippen molar-refractivity contribution in [2.45, 2.75) is 11.4 Å². The Hall–Kier alpha value is -2.20. The van der Waals surface area contributed by atoms with Crippen molar-refractivity contribution in [2.24, 2.45) is 4.99 Å². The van der Waals surface area contributed by atoms with Crippen molar-refractivity contribution in [3.8, 4) is 0 Å². The van der Waals surface area contributed by atoms with Crippen LogP contribution in [0.1, 0.15) is 5.69 Å². The van der Waals surface area contributed by atoms with Crippen LogP contribution >= 0.6 is 11.3 Å². The smallest absolute Gasteiger partial charge is 0.191 e. The summed E-state index contributed by atoms with van der Waals surface area (Å²) < 4.78 is 38.1. The first-order chi connectivity index (χ1) is 12.3. The van der Waals surface area contributed by atoms with E-state index in [1.165, 1.54) is 29.5 Å². The van der Waals surface area contributed by atoms with Crippen molar-refractivity contribution in [1.29, 1.82) is 0 Å². The van der Waals surface area contributed by atoms with Gasteiger partial charge in [0.25, 0.3) is 0 Å². The summed E-state index contributed by atoms with van der Waals surface area (Å²) >= 11 is 1.54. The lowest BCUT2D eigenvalue weighted by molar-refractivity contribution is 0.566. The monoisotopic (exact) mass is 399 g/mol. The molecule has 0 aliphatic carbocycles. The fourth-order valence-electron chi connectivity index (χ4n) is 2.09. The van der Waals surface area contributed by atoms with E-state index in [0.29, 0.717) is 12.5 Å². The van der Waals surface area contributed by atoms with Crippen LogP contribution in [0.5, 0.6) is 0 Å². The zero-order valence-corrected chi connectivity index (χ0v) is 16.5. The third-order valence-electron chi connectivity index (χ3n) is 3.42. The van der Waals surface area contributed by atoms with E-state index >= 15 is 0 Å². The van der Waals surface area contributed by atoms with Gasteiger partial charge in [-0.15, -0.1) is 11.3 Å². The van der Waals surface area contributed by atoms with Gasteiger partial charge in [0.2, 0.25) is 0 Å². The lowest BCUT2D eigenvalue weighted by Crippen LogP contribution is -2.39. The lowest BCUT2D eigenvalue weighted by Gasteiger charge is -2.11. The van der Waals surface area contributed by atoms with Crippen LogP contribution in [0, 0.1) is 5.82 Å². The molecule has 0 spiro atoms. The molecule has 0 amide bonds. The van der Waals surface area contributed by atoms with Crippen LogP contribution in [0.25, 0.3) is 0 Å². The van der Waals surface area contributed by atoms with Crippen molar-refractivity contribution >= 4 is 32.3 Å². The van der Waals surface area contributed by atoms with Crippen molar-refractivity contribution in [2.75, 3.05) is 38.3 Å². The Kier molecular flexibility index (Phi) is 6.92. The second kappa shape index (κ2) is 8.95. The van der Waals surface area contributed by atoms with Gasteiger partial charge >= 0.3 is 0 Å². The summed E-state index contributed by atoms with van der Waals surface area (Å²) in [7, 11) is 1.73. The van der Waals surface area contributed by atoms with E-state index in [1.54, 1.807) is 7.05 Å². The fraction of sp³-hybridized carbons (Fsp3) is 0.375. The quantitative estimate of drug-likeness (QED) is 0.542. The summed E-state index contributed by atoms with van der Waals surface area (Å²) in [5, 5.41) is 8.83. The SMILES string of the molecule is CN=C(NCCS(=O)(=O)c1ccccc1F)NCc1csc(N(C)C)n1. The zero-order chi connectivity index (χ0) is 19.2. The molecule has 10 heteroatoms. The van der Waals surface area contributed by atoms with E-state index in [4.69, 9.17) is 0 Å². The van der Waals surface area contributed by atoms with E-state index < -0.39 is 15.7 Å². The number of nitrogens with zero attached hydrogens (tertiary/aromatic N) is 3. The second-order valence-corrected chi connectivity index (χ2v) is 8.53. The van der Waals surface area contributed by atoms with Crippen LogP contribution in [-0.4, -0.2) is 52.8 Å². The molecule has 26 heavy (non-hydrogen) atoms. The van der Waals surface area contributed by atoms with E-state index in [-0.39, 0.29) is 17.2 Å². The van der Waals surface area contributed by atoms with Gasteiger partial charge in [-0.3, -0.25) is 4.99 Å². The number of halogens is 1. The largest absolute Gasteiger partial charge is 0.355 e. The molecule has 2 N–H and O–H groups in total. The van der Waals surface area contributed by atoms with Gasteiger partial charge in [0.1, 0.15) is 10.7 Å². The summed E-state index contributed by atoms with van der Waals surface area (Å²) in [6.45, 7) is 0.570. The van der Waals surface area contributed by atoms with Crippen LogP contribution < -0.4 is 15.5 Å². The molecule has 0 fully saturated rings. The Morgan fingerprint density at radius 3 is 2.65 bits per heavy atom. The normalized spacial score (nSPS) is 12.1. The standard InChI is InChI=1S/C16H22FN5O2S2/c1-18-15(20-10-12-11-25-16(21-12)22(2)3)19-8-9-26(23,24)14-7-5-4-6-13(14)17/h4-7,11H,8-10H2,1-3H3,(H2,18,19,20). The maximum absolute atomic E-state index is 13.7. The van der Waals surface area contributed by atoms with Crippen molar-refractivity contribution in [1.82, 2.24) is 15.6 Å². The van der Waals surface area contributed by atoms with Crippen LogP contribution in [0.3, 0.4) is 0 Å². The first-order valence-electron chi connectivity index (χ1n) is 7.87. The molecule has 1 aromatic carbocycles. The van der Waals surface area contributed by atoms with Gasteiger partial charge < -0.3 is 15.5 Å². The number of hydrogen-bond donors (Lipinski definition) is 2. The Bertz CT molecular complexity index is 865. The minimum Gasteiger partial charge on any atom is -0.355 e. The Balaban J connectivity index is 1.86. The number of thiazole rings is 1. The minimum atomic E-state index is -3.70. The molecule has 1 heterocycles. The summed E-state index contributed by atoms with van der Waals surface area (Å²) in [5.74, 6) is -0.529. The molecule has 0 radical (unpaired) electrons. The summed E-state index contributed by atoms with van der Waals surface area (Å²) in [6.07, 6.45) is 0. The zero-order valence-electron chi connectivity index (χ0n) is 14.9. The molecule has 0 bridgehead atoms. The van der Waals surface area contributed by atoms with Crippen molar-refractivity contribution < 1.29 is 12.8 Å². The van der Waals surface area contributed by atoms with Gasteiger partial charge in [0.15, 0.2) is 20.9 Å². The van der Waals surface area contributed by atoms with E-state index in [9.17, 15) is 12.8 Å². The highest BCUT2D eigenvalue weighted by atomic mass is 32.2. The summed E-state index contributed by atoms with van der Waals surface area (Å²) in [4.78, 5) is 10.1. The molecular weight excluding hydrogens is 377 g/mol. The third kappa shape index (κ3) is 5.40. The number of benzene rings is 1. The average molecular weight is 400 g/mol. The number of nitrogens with one attached hydrogen (secondary N) is 2. The highest BCUT2D eigenvalue weighted by Gasteiger charge is 2.18. The minimum absolute atomic E-state index is 0.107. The predicted molar refractivity (Wildman–Crippen MR) is 103 cm³/mol. The van der Waals surface area contributed by atoms with Gasteiger partial charge in [-0.05, 0) is 12.1 Å². The molecule has 0 aliphatic heterocycles. The highest BCUT2D eigenvalue weighted by molar-refractivity contribution is 7.91. The van der Waals surface area contributed by atoms with Gasteiger partial charge in [-0.1, -0.05) is 12.1 Å². The number of guanidine groups is 1. The maximum atomic E-state index is 13.7. The topological polar surface area (TPSA) is 86.7 Å². The van der Waals surface area contributed by atoms with Crippen LogP contribution in [0.4, 0.5) is 9.52 Å². The summed E-state index contributed by atoms with van der Waals surface area (Å²) in [5.41, 5.74) is 0.862. The van der Waals surface area contributed by atoms with Crippen LogP contribution in [0.15, 0.2) is 39.5 Å². The summed E-state index contributed by atoms with van der Waals surface area (Å²) in [6, 6.07) is 5.36. The van der Waals surface area contributed by atoms with E-state index in [1.807, 2.05) is 24.4 Å².